The quantitative estimate of drug-likeness (QED) is 0.520. The van der Waals surface area contributed by atoms with Gasteiger partial charge in [0.1, 0.15) is 0 Å². The van der Waals surface area contributed by atoms with Crippen molar-refractivity contribution in [2.24, 2.45) is 23.2 Å². The molecule has 2 aromatic rings. The van der Waals surface area contributed by atoms with E-state index in [9.17, 15) is 8.42 Å². The van der Waals surface area contributed by atoms with Gasteiger partial charge in [-0.2, -0.15) is 0 Å². The van der Waals surface area contributed by atoms with Gasteiger partial charge in [0.05, 0.1) is 10.6 Å². The number of benzene rings is 2. The van der Waals surface area contributed by atoms with Crippen LogP contribution in [0.3, 0.4) is 0 Å². The van der Waals surface area contributed by atoms with Crippen molar-refractivity contribution in [3.63, 3.8) is 0 Å². The number of nitrogens with zero attached hydrogens (tertiary/aromatic N) is 2. The molecule has 1 atom stereocenters. The molecule has 0 saturated heterocycles. The highest BCUT2D eigenvalue weighted by Gasteiger charge is 2.53. The lowest BCUT2D eigenvalue weighted by Gasteiger charge is -2.59. The number of unbranched alkanes of at least 4 members (excludes halogenated alkanes) is 1. The third-order valence-corrected chi connectivity index (χ3v) is 11.4. The summed E-state index contributed by atoms with van der Waals surface area (Å²) >= 11 is 0. The predicted octanol–water partition coefficient (Wildman–Crippen LogP) is 4.86. The first-order valence-corrected chi connectivity index (χ1v) is 14.7. The number of sulfonamides is 1. The molecule has 4 fully saturated rings. The molecule has 1 unspecified atom stereocenters. The molecular formula is C28H39N3O2S. The molecule has 0 amide bonds. The van der Waals surface area contributed by atoms with Crippen LogP contribution in [0, 0.1) is 23.2 Å². The number of rotatable bonds is 9. The van der Waals surface area contributed by atoms with E-state index in [1.807, 2.05) is 30.3 Å². The molecule has 184 valence electrons. The van der Waals surface area contributed by atoms with Gasteiger partial charge in [-0.1, -0.05) is 24.3 Å². The zero-order valence-electron chi connectivity index (χ0n) is 20.7. The molecule has 1 N–H and O–H groups in total. The SMILES string of the molecule is CNC(CN(C)CCCCN1c2cccc3cccc(c23)S1(=O)=O)C12CC3CC(CC(C3)C1)C2. The second kappa shape index (κ2) is 8.49. The normalized spacial score (nSPS) is 31.6. The van der Waals surface area contributed by atoms with E-state index in [1.54, 1.807) is 10.4 Å². The maximum atomic E-state index is 13.2. The lowest BCUT2D eigenvalue weighted by molar-refractivity contribution is -0.0766. The molecule has 6 heteroatoms. The smallest absolute Gasteiger partial charge is 0.265 e. The van der Waals surface area contributed by atoms with E-state index >= 15 is 0 Å². The Labute approximate surface area is 204 Å². The summed E-state index contributed by atoms with van der Waals surface area (Å²) in [6.45, 7) is 2.65. The monoisotopic (exact) mass is 481 g/mol. The van der Waals surface area contributed by atoms with Crippen LogP contribution in [0.15, 0.2) is 41.3 Å². The van der Waals surface area contributed by atoms with Crippen LogP contribution < -0.4 is 9.62 Å². The summed E-state index contributed by atoms with van der Waals surface area (Å²) in [6.07, 6.45) is 10.6. The minimum Gasteiger partial charge on any atom is -0.315 e. The van der Waals surface area contributed by atoms with Crippen molar-refractivity contribution < 1.29 is 8.42 Å². The summed E-state index contributed by atoms with van der Waals surface area (Å²) in [6, 6.07) is 12.1. The Kier molecular flexibility index (Phi) is 5.70. The fourth-order valence-electron chi connectivity index (χ4n) is 8.43. The Bertz CT molecular complexity index is 1140. The van der Waals surface area contributed by atoms with Crippen molar-refractivity contribution in [3.8, 4) is 0 Å². The Morgan fingerprint density at radius 1 is 1.03 bits per heavy atom. The number of likely N-dealkylation sites (N-methyl/N-ethyl adjacent to an activating group) is 2. The molecule has 4 saturated carbocycles. The van der Waals surface area contributed by atoms with Crippen molar-refractivity contribution in [1.29, 1.82) is 0 Å². The Morgan fingerprint density at radius 3 is 2.32 bits per heavy atom. The van der Waals surface area contributed by atoms with Gasteiger partial charge in [0.15, 0.2) is 0 Å². The maximum Gasteiger partial charge on any atom is 0.265 e. The average molecular weight is 482 g/mol. The van der Waals surface area contributed by atoms with Crippen molar-refractivity contribution in [3.05, 3.63) is 36.4 Å². The van der Waals surface area contributed by atoms with Gasteiger partial charge in [0.25, 0.3) is 10.0 Å². The zero-order chi connectivity index (χ0) is 23.5. The highest BCUT2D eigenvalue weighted by atomic mass is 32.2. The van der Waals surface area contributed by atoms with Crippen LogP contribution in [0.2, 0.25) is 0 Å². The zero-order valence-corrected chi connectivity index (χ0v) is 21.5. The van der Waals surface area contributed by atoms with Crippen LogP contribution in [-0.4, -0.2) is 53.1 Å². The molecule has 5 nitrogen and oxygen atoms in total. The van der Waals surface area contributed by atoms with E-state index in [0.717, 1.165) is 60.1 Å². The Morgan fingerprint density at radius 2 is 1.68 bits per heavy atom. The summed E-state index contributed by atoms with van der Waals surface area (Å²) < 4.78 is 28.0. The van der Waals surface area contributed by atoms with Crippen LogP contribution in [0.5, 0.6) is 0 Å². The Balaban J connectivity index is 1.05. The molecule has 2 aromatic carbocycles. The van der Waals surface area contributed by atoms with Crippen LogP contribution in [0.25, 0.3) is 10.8 Å². The number of anilines is 1. The van der Waals surface area contributed by atoms with Crippen molar-refractivity contribution in [1.82, 2.24) is 10.2 Å². The van der Waals surface area contributed by atoms with E-state index in [1.165, 1.54) is 38.5 Å². The van der Waals surface area contributed by atoms with E-state index < -0.39 is 10.0 Å². The summed E-state index contributed by atoms with van der Waals surface area (Å²) in [4.78, 5) is 2.94. The summed E-state index contributed by atoms with van der Waals surface area (Å²) in [5, 5.41) is 5.62. The third kappa shape index (κ3) is 3.68. The third-order valence-electron chi connectivity index (χ3n) is 9.50. The summed E-state index contributed by atoms with van der Waals surface area (Å²) in [7, 11) is 0.966. The van der Waals surface area contributed by atoms with Gasteiger partial charge in [-0.15, -0.1) is 0 Å². The molecular weight excluding hydrogens is 442 g/mol. The first kappa shape index (κ1) is 22.8. The first-order valence-electron chi connectivity index (χ1n) is 13.3. The molecule has 0 aromatic heterocycles. The fourth-order valence-corrected chi connectivity index (χ4v) is 10.2. The van der Waals surface area contributed by atoms with Crippen LogP contribution in [0.1, 0.15) is 51.4 Å². The average Bonchev–Trinajstić information content (AvgIpc) is 3.02. The minimum absolute atomic E-state index is 0.463. The van der Waals surface area contributed by atoms with Gasteiger partial charge in [-0.25, -0.2) is 8.42 Å². The topological polar surface area (TPSA) is 52.6 Å². The molecule has 4 bridgehead atoms. The van der Waals surface area contributed by atoms with Crippen molar-refractivity contribution in [2.75, 3.05) is 38.0 Å². The van der Waals surface area contributed by atoms with Gasteiger partial charge in [0.2, 0.25) is 0 Å². The number of nitrogens with one attached hydrogen (secondary N) is 1. The molecule has 1 aliphatic heterocycles. The van der Waals surface area contributed by atoms with Gasteiger partial charge in [0, 0.05) is 24.5 Å². The van der Waals surface area contributed by atoms with Crippen LogP contribution >= 0.6 is 0 Å². The second-order valence-electron chi connectivity index (χ2n) is 11.8. The summed E-state index contributed by atoms with van der Waals surface area (Å²) in [5.41, 5.74) is 1.35. The predicted molar refractivity (Wildman–Crippen MR) is 139 cm³/mol. The van der Waals surface area contributed by atoms with E-state index in [0.29, 0.717) is 22.9 Å². The fraction of sp³-hybridized carbons (Fsp3) is 0.643. The molecule has 1 heterocycles. The molecule has 0 radical (unpaired) electrons. The van der Waals surface area contributed by atoms with Gasteiger partial charge in [-0.05, 0) is 113 Å². The largest absolute Gasteiger partial charge is 0.315 e. The molecule has 0 spiro atoms. The maximum absolute atomic E-state index is 13.2. The molecule has 4 aliphatic carbocycles. The highest BCUT2D eigenvalue weighted by Crippen LogP contribution is 2.61. The van der Waals surface area contributed by atoms with Crippen molar-refractivity contribution in [2.45, 2.75) is 62.3 Å². The molecule has 34 heavy (non-hydrogen) atoms. The van der Waals surface area contributed by atoms with Crippen LogP contribution in [0.4, 0.5) is 5.69 Å². The van der Waals surface area contributed by atoms with Gasteiger partial charge in [-0.3, -0.25) is 4.31 Å². The van der Waals surface area contributed by atoms with E-state index in [-0.39, 0.29) is 0 Å². The van der Waals surface area contributed by atoms with E-state index in [2.05, 4.69) is 24.3 Å². The van der Waals surface area contributed by atoms with Crippen LogP contribution in [-0.2, 0) is 10.0 Å². The second-order valence-corrected chi connectivity index (χ2v) is 13.6. The van der Waals surface area contributed by atoms with Crippen molar-refractivity contribution >= 4 is 26.5 Å². The highest BCUT2D eigenvalue weighted by molar-refractivity contribution is 7.93. The Hall–Kier alpha value is -1.63. The van der Waals surface area contributed by atoms with Gasteiger partial charge < -0.3 is 10.2 Å². The molecule has 5 aliphatic rings. The standard InChI is InChI=1S/C28H39N3O2S/c1-29-26(28-16-20-13-21(17-28)15-22(14-20)18-28)19-30(2)11-3-4-12-31-24-9-5-7-23-8-6-10-25(27(23)24)34(31,32)33/h5-10,20-22,26,29H,3-4,11-19H2,1-2H3. The first-order chi connectivity index (χ1) is 16.4. The lowest BCUT2D eigenvalue weighted by Crippen LogP contribution is -2.58. The van der Waals surface area contributed by atoms with Gasteiger partial charge >= 0.3 is 0 Å². The lowest BCUT2D eigenvalue weighted by atomic mass is 9.47. The van der Waals surface area contributed by atoms with E-state index in [4.69, 9.17) is 0 Å². The number of hydrogen-bond acceptors (Lipinski definition) is 4. The minimum atomic E-state index is -3.44. The summed E-state index contributed by atoms with van der Waals surface area (Å²) in [5.74, 6) is 2.93. The molecule has 7 rings (SSSR count). The number of hydrogen-bond donors (Lipinski definition) is 1.